The van der Waals surface area contributed by atoms with E-state index in [-0.39, 0.29) is 0 Å². The van der Waals surface area contributed by atoms with Crippen LogP contribution in [0.3, 0.4) is 0 Å². The van der Waals surface area contributed by atoms with Gasteiger partial charge < -0.3 is 5.32 Å². The summed E-state index contributed by atoms with van der Waals surface area (Å²) in [6, 6.07) is 0.383. The first-order valence-corrected chi connectivity index (χ1v) is 5.62. The van der Waals surface area contributed by atoms with Crippen molar-refractivity contribution >= 4 is 0 Å². The molecule has 86 valence electrons. The van der Waals surface area contributed by atoms with Crippen molar-refractivity contribution in [3.63, 3.8) is 0 Å². The zero-order valence-electron chi connectivity index (χ0n) is 10.5. The minimum absolute atomic E-state index is 0.376. The lowest BCUT2D eigenvalue weighted by atomic mass is 9.92. The average molecular weight is 209 g/mol. The molecule has 0 aliphatic rings. The Morgan fingerprint density at radius 3 is 2.67 bits per heavy atom. The van der Waals surface area contributed by atoms with E-state index in [9.17, 15) is 0 Å². The summed E-state index contributed by atoms with van der Waals surface area (Å²) >= 11 is 0. The minimum atomic E-state index is 0.376. The molecule has 1 rings (SSSR count). The fourth-order valence-corrected chi connectivity index (χ4v) is 1.34. The summed E-state index contributed by atoms with van der Waals surface area (Å²) in [5.74, 6) is 0. The summed E-state index contributed by atoms with van der Waals surface area (Å²) in [6.45, 7) is 9.92. The normalized spacial score (nSPS) is 14.2. The molecule has 0 saturated carbocycles. The largest absolute Gasteiger partial charge is 0.313 e. The summed E-state index contributed by atoms with van der Waals surface area (Å²) < 4.78 is 2.04. The van der Waals surface area contributed by atoms with Gasteiger partial charge in [0.1, 0.15) is 0 Å². The number of aromatic nitrogens is 2. The maximum absolute atomic E-state index is 4.36. The zero-order chi connectivity index (χ0) is 11.5. The summed E-state index contributed by atoms with van der Waals surface area (Å²) in [7, 11) is 1.97. The van der Waals surface area contributed by atoms with E-state index in [0.29, 0.717) is 11.5 Å². The second-order valence-electron chi connectivity index (χ2n) is 5.36. The highest BCUT2D eigenvalue weighted by atomic mass is 15.3. The Balaban J connectivity index is 2.53. The molecule has 0 aromatic carbocycles. The van der Waals surface area contributed by atoms with E-state index in [4.69, 9.17) is 0 Å². The van der Waals surface area contributed by atoms with Crippen LogP contribution in [0.2, 0.25) is 0 Å². The molecule has 1 aromatic rings. The first-order valence-electron chi connectivity index (χ1n) is 5.62. The number of nitrogens with one attached hydrogen (secondary N) is 1. The predicted molar refractivity (Wildman–Crippen MR) is 63.8 cm³/mol. The number of hydrogen-bond donors (Lipinski definition) is 1. The second kappa shape index (κ2) is 4.79. The number of aryl methyl sites for hydroxylation is 1. The number of hydrogen-bond acceptors (Lipinski definition) is 2. The smallest absolute Gasteiger partial charge is 0.0537 e. The van der Waals surface area contributed by atoms with Crippen LogP contribution in [0, 0.1) is 5.41 Å². The zero-order valence-corrected chi connectivity index (χ0v) is 10.5. The molecular weight excluding hydrogens is 186 g/mol. The van der Waals surface area contributed by atoms with E-state index >= 15 is 0 Å². The quantitative estimate of drug-likeness (QED) is 0.826. The molecule has 0 radical (unpaired) electrons. The van der Waals surface area contributed by atoms with Crippen molar-refractivity contribution in [2.45, 2.75) is 46.7 Å². The lowest BCUT2D eigenvalue weighted by Gasteiger charge is -2.17. The Bertz CT molecular complexity index is 296. The van der Waals surface area contributed by atoms with Crippen molar-refractivity contribution < 1.29 is 0 Å². The van der Waals surface area contributed by atoms with Crippen LogP contribution in [-0.2, 0) is 6.54 Å². The van der Waals surface area contributed by atoms with Gasteiger partial charge in [-0.3, -0.25) is 4.68 Å². The second-order valence-corrected chi connectivity index (χ2v) is 5.36. The predicted octanol–water partition coefficient (Wildman–Crippen LogP) is 2.60. The Morgan fingerprint density at radius 1 is 1.47 bits per heavy atom. The lowest BCUT2D eigenvalue weighted by Crippen LogP contribution is -2.12. The monoisotopic (exact) mass is 209 g/mol. The molecule has 0 aliphatic heterocycles. The van der Waals surface area contributed by atoms with E-state index in [0.717, 1.165) is 13.0 Å². The summed E-state index contributed by atoms with van der Waals surface area (Å²) in [6.07, 6.45) is 5.23. The van der Waals surface area contributed by atoms with Crippen molar-refractivity contribution in [2.24, 2.45) is 5.41 Å². The van der Waals surface area contributed by atoms with E-state index in [2.05, 4.69) is 44.3 Å². The first kappa shape index (κ1) is 12.2. The topological polar surface area (TPSA) is 29.9 Å². The van der Waals surface area contributed by atoms with Crippen molar-refractivity contribution in [3.8, 4) is 0 Å². The van der Waals surface area contributed by atoms with E-state index < -0.39 is 0 Å². The van der Waals surface area contributed by atoms with Gasteiger partial charge in [0, 0.05) is 24.3 Å². The minimum Gasteiger partial charge on any atom is -0.313 e. The van der Waals surface area contributed by atoms with Gasteiger partial charge >= 0.3 is 0 Å². The summed E-state index contributed by atoms with van der Waals surface area (Å²) in [5.41, 5.74) is 1.63. The highest BCUT2D eigenvalue weighted by Crippen LogP contribution is 2.19. The number of rotatable bonds is 4. The summed E-state index contributed by atoms with van der Waals surface area (Å²) in [5, 5.41) is 7.58. The highest BCUT2D eigenvalue weighted by Gasteiger charge is 2.11. The molecule has 0 aliphatic carbocycles. The molecule has 1 heterocycles. The molecule has 0 amide bonds. The van der Waals surface area contributed by atoms with Gasteiger partial charge in [-0.15, -0.1) is 0 Å². The Labute approximate surface area is 92.9 Å². The SMILES string of the molecule is CNC(C)c1cnn(CCC(C)(C)C)c1. The molecule has 0 bridgehead atoms. The summed E-state index contributed by atoms with van der Waals surface area (Å²) in [4.78, 5) is 0. The maximum Gasteiger partial charge on any atom is 0.0537 e. The van der Waals surface area contributed by atoms with Crippen LogP contribution in [0.1, 0.15) is 45.7 Å². The van der Waals surface area contributed by atoms with Crippen LogP contribution >= 0.6 is 0 Å². The average Bonchev–Trinajstić information content (AvgIpc) is 2.61. The molecule has 3 heteroatoms. The molecule has 1 N–H and O–H groups in total. The fourth-order valence-electron chi connectivity index (χ4n) is 1.34. The van der Waals surface area contributed by atoms with E-state index in [1.54, 1.807) is 0 Å². The van der Waals surface area contributed by atoms with Gasteiger partial charge in [0.2, 0.25) is 0 Å². The number of nitrogens with zero attached hydrogens (tertiary/aromatic N) is 2. The lowest BCUT2D eigenvalue weighted by molar-refractivity contribution is 0.341. The molecule has 0 saturated heterocycles. The van der Waals surface area contributed by atoms with Crippen LogP contribution < -0.4 is 5.32 Å². The molecule has 1 aromatic heterocycles. The molecule has 0 spiro atoms. The van der Waals surface area contributed by atoms with Crippen molar-refractivity contribution in [1.82, 2.24) is 15.1 Å². The van der Waals surface area contributed by atoms with Crippen LogP contribution in [0.5, 0.6) is 0 Å². The molecule has 1 unspecified atom stereocenters. The Kier molecular flexibility index (Phi) is 3.91. The molecule has 3 nitrogen and oxygen atoms in total. The third-order valence-electron chi connectivity index (χ3n) is 2.68. The highest BCUT2D eigenvalue weighted by molar-refractivity contribution is 5.08. The van der Waals surface area contributed by atoms with Gasteiger partial charge in [0.25, 0.3) is 0 Å². The molecular formula is C12H23N3. The standard InChI is InChI=1S/C12H23N3/c1-10(13-5)11-8-14-15(9-11)7-6-12(2,3)4/h8-10,13H,6-7H2,1-5H3. The van der Waals surface area contributed by atoms with E-state index in [1.807, 2.05) is 17.9 Å². The first-order chi connectivity index (χ1) is 6.92. The van der Waals surface area contributed by atoms with Gasteiger partial charge in [-0.2, -0.15) is 5.10 Å². The molecule has 15 heavy (non-hydrogen) atoms. The van der Waals surface area contributed by atoms with Crippen LogP contribution in [-0.4, -0.2) is 16.8 Å². The van der Waals surface area contributed by atoms with Gasteiger partial charge in [-0.05, 0) is 25.8 Å². The third-order valence-corrected chi connectivity index (χ3v) is 2.68. The Hall–Kier alpha value is -0.830. The fraction of sp³-hybridized carbons (Fsp3) is 0.750. The van der Waals surface area contributed by atoms with Gasteiger partial charge in [0.15, 0.2) is 0 Å². The van der Waals surface area contributed by atoms with Crippen LogP contribution in [0.15, 0.2) is 12.4 Å². The van der Waals surface area contributed by atoms with E-state index in [1.165, 1.54) is 5.56 Å². The van der Waals surface area contributed by atoms with Crippen molar-refractivity contribution in [1.29, 1.82) is 0 Å². The van der Waals surface area contributed by atoms with Gasteiger partial charge in [-0.1, -0.05) is 20.8 Å². The molecule has 1 atom stereocenters. The van der Waals surface area contributed by atoms with Crippen molar-refractivity contribution in [2.75, 3.05) is 7.05 Å². The Morgan fingerprint density at radius 2 is 2.13 bits per heavy atom. The third kappa shape index (κ3) is 4.04. The van der Waals surface area contributed by atoms with Crippen molar-refractivity contribution in [3.05, 3.63) is 18.0 Å². The van der Waals surface area contributed by atoms with Gasteiger partial charge in [0.05, 0.1) is 6.20 Å². The van der Waals surface area contributed by atoms with Gasteiger partial charge in [-0.25, -0.2) is 0 Å². The maximum atomic E-state index is 4.36. The molecule has 0 fully saturated rings. The van der Waals surface area contributed by atoms with Crippen LogP contribution in [0.4, 0.5) is 0 Å². The van der Waals surface area contributed by atoms with Crippen LogP contribution in [0.25, 0.3) is 0 Å².